The minimum absolute atomic E-state index is 0.0916. The second-order valence-electron chi connectivity index (χ2n) is 6.66. The fraction of sp³-hybridized carbons (Fsp3) is 0.364. The number of anilines is 1. The zero-order valence-electron chi connectivity index (χ0n) is 16.8. The van der Waals surface area contributed by atoms with Crippen molar-refractivity contribution in [3.8, 4) is 11.5 Å². The molecule has 2 aromatic carbocycles. The summed E-state index contributed by atoms with van der Waals surface area (Å²) in [6, 6.07) is 12.6. The topological polar surface area (TPSA) is 77.1 Å². The number of hydrogen-bond acceptors (Lipinski definition) is 5. The third-order valence-corrected chi connectivity index (χ3v) is 4.73. The highest BCUT2D eigenvalue weighted by molar-refractivity contribution is 6.04. The minimum atomic E-state index is -0.243. The zero-order chi connectivity index (χ0) is 20.6. The summed E-state index contributed by atoms with van der Waals surface area (Å²) in [4.78, 5) is 26.5. The van der Waals surface area contributed by atoms with Gasteiger partial charge in [0.15, 0.2) is 18.1 Å². The monoisotopic (exact) mass is 398 g/mol. The van der Waals surface area contributed by atoms with E-state index < -0.39 is 0 Å². The van der Waals surface area contributed by atoms with Crippen LogP contribution >= 0.6 is 0 Å². The number of benzene rings is 2. The van der Waals surface area contributed by atoms with Gasteiger partial charge < -0.3 is 24.4 Å². The Hall–Kier alpha value is -3.06. The summed E-state index contributed by atoms with van der Waals surface area (Å²) in [5, 5.41) is 2.89. The van der Waals surface area contributed by atoms with Crippen LogP contribution in [0.3, 0.4) is 0 Å². The smallest absolute Gasteiger partial charge is 0.260 e. The van der Waals surface area contributed by atoms with Crippen LogP contribution in [0.5, 0.6) is 11.5 Å². The van der Waals surface area contributed by atoms with E-state index in [2.05, 4.69) is 12.2 Å². The van der Waals surface area contributed by atoms with Crippen LogP contribution < -0.4 is 14.8 Å². The van der Waals surface area contributed by atoms with Gasteiger partial charge >= 0.3 is 0 Å². The van der Waals surface area contributed by atoms with Crippen LogP contribution in [-0.2, 0) is 16.0 Å². The summed E-state index contributed by atoms with van der Waals surface area (Å²) in [6.45, 7) is 4.19. The Morgan fingerprint density at radius 2 is 1.90 bits per heavy atom. The van der Waals surface area contributed by atoms with E-state index in [0.29, 0.717) is 43.4 Å². The number of nitrogens with zero attached hydrogens (tertiary/aromatic N) is 1. The molecule has 0 unspecified atom stereocenters. The van der Waals surface area contributed by atoms with E-state index in [-0.39, 0.29) is 18.4 Å². The van der Waals surface area contributed by atoms with Crippen molar-refractivity contribution < 1.29 is 23.8 Å². The Balaban J connectivity index is 1.64. The Morgan fingerprint density at radius 1 is 1.10 bits per heavy atom. The van der Waals surface area contributed by atoms with Crippen molar-refractivity contribution in [2.75, 3.05) is 45.3 Å². The van der Waals surface area contributed by atoms with Gasteiger partial charge in [0.1, 0.15) is 0 Å². The van der Waals surface area contributed by atoms with Gasteiger partial charge in [-0.05, 0) is 42.3 Å². The summed E-state index contributed by atoms with van der Waals surface area (Å²) in [5.41, 5.74) is 2.33. The Labute approximate surface area is 170 Å². The normalized spacial score (nSPS) is 13.7. The Kier molecular flexibility index (Phi) is 7.08. The summed E-state index contributed by atoms with van der Waals surface area (Å²) in [6.07, 6.45) is 0.896. The highest BCUT2D eigenvalue weighted by atomic mass is 16.5. The van der Waals surface area contributed by atoms with Gasteiger partial charge in [-0.1, -0.05) is 19.1 Å². The first-order valence-corrected chi connectivity index (χ1v) is 9.67. The molecule has 0 radical (unpaired) electrons. The van der Waals surface area contributed by atoms with E-state index in [9.17, 15) is 9.59 Å². The van der Waals surface area contributed by atoms with Crippen LogP contribution in [0.15, 0.2) is 42.5 Å². The van der Waals surface area contributed by atoms with Crippen LogP contribution in [0.4, 0.5) is 5.69 Å². The fourth-order valence-electron chi connectivity index (χ4n) is 3.04. The SMILES string of the molecule is CCc1cccc(NC(=O)c2ccc(OCC(=O)N3CCOCC3)c(OC)c2)c1. The molecular formula is C22H26N2O5. The molecule has 2 amide bonds. The molecule has 0 spiro atoms. The molecule has 1 heterocycles. The summed E-state index contributed by atoms with van der Waals surface area (Å²) in [7, 11) is 1.50. The van der Waals surface area contributed by atoms with Gasteiger partial charge in [0.05, 0.1) is 20.3 Å². The Bertz CT molecular complexity index is 862. The summed E-state index contributed by atoms with van der Waals surface area (Å²) in [5.74, 6) is 0.467. The molecule has 3 rings (SSSR count). The molecule has 7 heteroatoms. The standard InChI is InChI=1S/C22H26N2O5/c1-3-16-5-4-6-18(13-16)23-22(26)17-7-8-19(20(14-17)27-2)29-15-21(25)24-9-11-28-12-10-24/h4-8,13-14H,3,9-12,15H2,1-2H3,(H,23,26). The van der Waals surface area contributed by atoms with Crippen molar-refractivity contribution in [3.63, 3.8) is 0 Å². The third kappa shape index (κ3) is 5.48. The van der Waals surface area contributed by atoms with Gasteiger partial charge in [-0.2, -0.15) is 0 Å². The molecule has 0 aliphatic carbocycles. The number of carbonyl (C=O) groups excluding carboxylic acids is 2. The predicted molar refractivity (Wildman–Crippen MR) is 110 cm³/mol. The van der Waals surface area contributed by atoms with Crippen molar-refractivity contribution >= 4 is 17.5 Å². The van der Waals surface area contributed by atoms with Crippen molar-refractivity contribution in [3.05, 3.63) is 53.6 Å². The highest BCUT2D eigenvalue weighted by Crippen LogP contribution is 2.28. The second kappa shape index (κ2) is 9.93. The quantitative estimate of drug-likeness (QED) is 0.776. The van der Waals surface area contributed by atoms with Crippen LogP contribution in [0, 0.1) is 0 Å². The van der Waals surface area contributed by atoms with Crippen LogP contribution in [0.1, 0.15) is 22.8 Å². The van der Waals surface area contributed by atoms with Crippen LogP contribution in [0.25, 0.3) is 0 Å². The lowest BCUT2D eigenvalue weighted by atomic mass is 10.1. The van der Waals surface area contributed by atoms with Gasteiger partial charge in [-0.15, -0.1) is 0 Å². The lowest BCUT2D eigenvalue weighted by Crippen LogP contribution is -2.43. The number of morpholine rings is 1. The molecule has 0 aromatic heterocycles. The van der Waals surface area contributed by atoms with Gasteiger partial charge in [0, 0.05) is 24.3 Å². The van der Waals surface area contributed by atoms with Gasteiger partial charge in [-0.3, -0.25) is 9.59 Å². The molecule has 1 aliphatic rings. The molecule has 2 aromatic rings. The van der Waals surface area contributed by atoms with Gasteiger partial charge in [-0.25, -0.2) is 0 Å². The molecule has 7 nitrogen and oxygen atoms in total. The van der Waals surface area contributed by atoms with Crippen LogP contribution in [-0.4, -0.2) is 56.7 Å². The molecule has 154 valence electrons. The van der Waals surface area contributed by atoms with E-state index in [1.807, 2.05) is 24.3 Å². The number of nitrogens with one attached hydrogen (secondary N) is 1. The average molecular weight is 398 g/mol. The molecule has 1 aliphatic heterocycles. The molecule has 0 bridgehead atoms. The molecule has 1 saturated heterocycles. The lowest BCUT2D eigenvalue weighted by molar-refractivity contribution is -0.137. The van der Waals surface area contributed by atoms with E-state index in [4.69, 9.17) is 14.2 Å². The number of ether oxygens (including phenoxy) is 3. The summed E-state index contributed by atoms with van der Waals surface area (Å²) < 4.78 is 16.2. The molecule has 29 heavy (non-hydrogen) atoms. The van der Waals surface area contributed by atoms with E-state index in [0.717, 1.165) is 17.7 Å². The van der Waals surface area contributed by atoms with Crippen molar-refractivity contribution in [2.45, 2.75) is 13.3 Å². The second-order valence-corrected chi connectivity index (χ2v) is 6.66. The number of amides is 2. The van der Waals surface area contributed by atoms with Crippen molar-refractivity contribution in [1.82, 2.24) is 4.90 Å². The Morgan fingerprint density at radius 3 is 2.62 bits per heavy atom. The summed E-state index contributed by atoms with van der Waals surface area (Å²) >= 11 is 0. The first-order chi connectivity index (χ1) is 14.1. The predicted octanol–water partition coefficient (Wildman–Crippen LogP) is 2.75. The maximum Gasteiger partial charge on any atom is 0.260 e. The third-order valence-electron chi connectivity index (χ3n) is 4.73. The highest BCUT2D eigenvalue weighted by Gasteiger charge is 2.18. The maximum absolute atomic E-state index is 12.6. The number of aryl methyl sites for hydroxylation is 1. The molecular weight excluding hydrogens is 372 g/mol. The fourth-order valence-corrected chi connectivity index (χ4v) is 3.04. The first-order valence-electron chi connectivity index (χ1n) is 9.67. The molecule has 0 atom stereocenters. The van der Waals surface area contributed by atoms with E-state index in [1.165, 1.54) is 7.11 Å². The van der Waals surface area contributed by atoms with E-state index >= 15 is 0 Å². The molecule has 1 fully saturated rings. The largest absolute Gasteiger partial charge is 0.493 e. The van der Waals surface area contributed by atoms with Crippen molar-refractivity contribution in [1.29, 1.82) is 0 Å². The van der Waals surface area contributed by atoms with Gasteiger partial charge in [0.2, 0.25) is 0 Å². The molecule has 1 N–H and O–H groups in total. The first kappa shape index (κ1) is 20.7. The van der Waals surface area contributed by atoms with Crippen molar-refractivity contribution in [2.24, 2.45) is 0 Å². The van der Waals surface area contributed by atoms with Gasteiger partial charge in [0.25, 0.3) is 11.8 Å². The maximum atomic E-state index is 12.6. The van der Waals surface area contributed by atoms with E-state index in [1.54, 1.807) is 23.1 Å². The lowest BCUT2D eigenvalue weighted by Gasteiger charge is -2.26. The number of hydrogen-bond donors (Lipinski definition) is 1. The number of rotatable bonds is 7. The number of methoxy groups -OCH3 is 1. The number of carbonyl (C=O) groups is 2. The zero-order valence-corrected chi connectivity index (χ0v) is 16.8. The van der Waals surface area contributed by atoms with Crippen LogP contribution in [0.2, 0.25) is 0 Å². The average Bonchev–Trinajstić information content (AvgIpc) is 2.78. The molecule has 0 saturated carbocycles. The minimum Gasteiger partial charge on any atom is -0.493 e.